The van der Waals surface area contributed by atoms with Gasteiger partial charge >= 0.3 is 0 Å². The Morgan fingerprint density at radius 1 is 1.26 bits per heavy atom. The van der Waals surface area contributed by atoms with Gasteiger partial charge in [0.2, 0.25) is 0 Å². The molecule has 3 nitrogen and oxygen atoms in total. The van der Waals surface area contributed by atoms with E-state index in [4.69, 9.17) is 0 Å². The topological polar surface area (TPSA) is 35.5 Å². The second-order valence-corrected chi connectivity index (χ2v) is 5.93. The van der Waals surface area contributed by atoms with Crippen LogP contribution in [0.1, 0.15) is 32.3 Å². The lowest BCUT2D eigenvalue weighted by atomic mass is 10.0. The average molecular weight is 262 g/mol. The van der Waals surface area contributed by atoms with Crippen LogP contribution in [0.4, 0.5) is 5.69 Å². The minimum absolute atomic E-state index is 0.107. The molecule has 0 amide bonds. The Kier molecular flexibility index (Phi) is 5.23. The van der Waals surface area contributed by atoms with E-state index >= 15 is 0 Å². The minimum atomic E-state index is 0.107. The van der Waals surface area contributed by atoms with Gasteiger partial charge in [0.25, 0.3) is 0 Å². The average Bonchev–Trinajstić information content (AvgIpc) is 2.41. The van der Waals surface area contributed by atoms with Crippen LogP contribution in [0.15, 0.2) is 24.3 Å². The van der Waals surface area contributed by atoms with Gasteiger partial charge < -0.3 is 15.3 Å². The summed E-state index contributed by atoms with van der Waals surface area (Å²) < 4.78 is 0. The van der Waals surface area contributed by atoms with Crippen molar-refractivity contribution in [3.8, 4) is 0 Å². The highest BCUT2D eigenvalue weighted by molar-refractivity contribution is 5.51. The van der Waals surface area contributed by atoms with E-state index in [1.807, 2.05) is 18.2 Å². The van der Waals surface area contributed by atoms with Crippen LogP contribution in [0, 0.1) is 5.92 Å². The molecule has 1 fully saturated rings. The van der Waals surface area contributed by atoms with E-state index in [0.717, 1.165) is 17.2 Å². The zero-order chi connectivity index (χ0) is 13.7. The Morgan fingerprint density at radius 2 is 1.95 bits per heavy atom. The van der Waals surface area contributed by atoms with Gasteiger partial charge in [-0.25, -0.2) is 0 Å². The number of rotatable bonds is 5. The largest absolute Gasteiger partial charge is 0.392 e. The lowest BCUT2D eigenvalue weighted by Gasteiger charge is -2.34. The van der Waals surface area contributed by atoms with E-state index in [-0.39, 0.29) is 6.61 Å². The van der Waals surface area contributed by atoms with Crippen LogP contribution in [0.3, 0.4) is 0 Å². The first kappa shape index (κ1) is 14.4. The Balaban J connectivity index is 1.85. The highest BCUT2D eigenvalue weighted by Crippen LogP contribution is 2.20. The lowest BCUT2D eigenvalue weighted by Crippen LogP contribution is -2.40. The predicted molar refractivity (Wildman–Crippen MR) is 80.3 cm³/mol. The number of anilines is 1. The van der Waals surface area contributed by atoms with Gasteiger partial charge in [0.1, 0.15) is 0 Å². The monoisotopic (exact) mass is 262 g/mol. The number of piperidine rings is 1. The van der Waals surface area contributed by atoms with Crippen molar-refractivity contribution in [1.82, 2.24) is 4.90 Å². The number of hydrogen-bond acceptors (Lipinski definition) is 3. The van der Waals surface area contributed by atoms with E-state index in [0.29, 0.717) is 6.04 Å². The summed E-state index contributed by atoms with van der Waals surface area (Å²) in [7, 11) is 0. The van der Waals surface area contributed by atoms with Gasteiger partial charge in [-0.3, -0.25) is 0 Å². The maximum absolute atomic E-state index is 9.34. The molecule has 0 radical (unpaired) electrons. The zero-order valence-corrected chi connectivity index (χ0v) is 12.1. The summed E-state index contributed by atoms with van der Waals surface area (Å²) in [4.78, 5) is 2.56. The fourth-order valence-electron chi connectivity index (χ4n) is 2.80. The molecule has 3 heteroatoms. The van der Waals surface area contributed by atoms with Gasteiger partial charge in [-0.2, -0.15) is 0 Å². The first-order chi connectivity index (χ1) is 9.19. The number of hydrogen-bond donors (Lipinski definition) is 2. The normalized spacial score (nSPS) is 17.9. The molecule has 0 saturated carbocycles. The highest BCUT2D eigenvalue weighted by atomic mass is 16.3. The van der Waals surface area contributed by atoms with Crippen molar-refractivity contribution in [1.29, 1.82) is 0 Å². The van der Waals surface area contributed by atoms with Gasteiger partial charge in [0, 0.05) is 36.9 Å². The van der Waals surface area contributed by atoms with Gasteiger partial charge in [0.15, 0.2) is 0 Å². The Morgan fingerprint density at radius 3 is 2.58 bits per heavy atom. The second kappa shape index (κ2) is 6.92. The maximum Gasteiger partial charge on any atom is 0.0701 e. The van der Waals surface area contributed by atoms with E-state index in [2.05, 4.69) is 30.1 Å². The number of benzene rings is 1. The number of likely N-dealkylation sites (tertiary alicyclic amines) is 1. The third-order valence-corrected chi connectivity index (χ3v) is 3.76. The molecule has 1 aliphatic heterocycles. The summed E-state index contributed by atoms with van der Waals surface area (Å²) in [5, 5.41) is 12.9. The zero-order valence-electron chi connectivity index (χ0n) is 12.1. The van der Waals surface area contributed by atoms with Crippen LogP contribution < -0.4 is 5.32 Å². The van der Waals surface area contributed by atoms with E-state index in [1.54, 1.807) is 0 Å². The third kappa shape index (κ3) is 4.22. The Labute approximate surface area is 116 Å². The van der Waals surface area contributed by atoms with E-state index in [1.165, 1.54) is 32.5 Å². The molecule has 0 bridgehead atoms. The second-order valence-electron chi connectivity index (χ2n) is 5.93. The quantitative estimate of drug-likeness (QED) is 0.856. The highest BCUT2D eigenvalue weighted by Gasteiger charge is 2.19. The maximum atomic E-state index is 9.34. The van der Waals surface area contributed by atoms with Gasteiger partial charge in [0.05, 0.1) is 6.61 Å². The summed E-state index contributed by atoms with van der Waals surface area (Å²) in [6.45, 7) is 8.23. The van der Waals surface area contributed by atoms with E-state index < -0.39 is 0 Å². The van der Waals surface area contributed by atoms with Crippen LogP contribution in [0.2, 0.25) is 0 Å². The molecule has 1 aliphatic rings. The number of nitrogens with one attached hydrogen (secondary N) is 1. The summed E-state index contributed by atoms with van der Waals surface area (Å²) in [6.07, 6.45) is 2.37. The summed E-state index contributed by atoms with van der Waals surface area (Å²) in [5.74, 6) is 0.750. The fraction of sp³-hybridized carbons (Fsp3) is 0.625. The molecule has 106 valence electrons. The molecule has 0 aliphatic carbocycles. The molecular weight excluding hydrogens is 236 g/mol. The van der Waals surface area contributed by atoms with Crippen LogP contribution in [0.5, 0.6) is 0 Å². The van der Waals surface area contributed by atoms with Crippen molar-refractivity contribution >= 4 is 5.69 Å². The molecule has 0 unspecified atom stereocenters. The molecule has 1 saturated heterocycles. The molecule has 1 aromatic rings. The van der Waals surface area contributed by atoms with Crippen molar-refractivity contribution in [3.63, 3.8) is 0 Å². The van der Waals surface area contributed by atoms with Crippen LogP contribution in [0.25, 0.3) is 0 Å². The number of aliphatic hydroxyl groups is 1. The molecule has 19 heavy (non-hydrogen) atoms. The SMILES string of the molecule is CC(C)CN1CCC(Nc2ccccc2CO)CC1. The minimum Gasteiger partial charge on any atom is -0.392 e. The summed E-state index contributed by atoms with van der Waals surface area (Å²) in [5.41, 5.74) is 2.08. The summed E-state index contributed by atoms with van der Waals surface area (Å²) >= 11 is 0. The molecule has 0 spiro atoms. The van der Waals surface area contributed by atoms with Crippen molar-refractivity contribution in [3.05, 3.63) is 29.8 Å². The standard InChI is InChI=1S/C16H26N2O/c1-13(2)11-18-9-7-15(8-10-18)17-16-6-4-3-5-14(16)12-19/h3-6,13,15,17,19H,7-12H2,1-2H3. The first-order valence-corrected chi connectivity index (χ1v) is 7.36. The van der Waals surface area contributed by atoms with Gasteiger partial charge in [-0.1, -0.05) is 32.0 Å². The number of para-hydroxylation sites is 1. The molecule has 0 aromatic heterocycles. The third-order valence-electron chi connectivity index (χ3n) is 3.76. The first-order valence-electron chi connectivity index (χ1n) is 7.36. The van der Waals surface area contributed by atoms with Crippen LogP contribution >= 0.6 is 0 Å². The Hall–Kier alpha value is -1.06. The number of nitrogens with zero attached hydrogens (tertiary/aromatic N) is 1. The molecule has 1 heterocycles. The van der Waals surface area contributed by atoms with Gasteiger partial charge in [-0.05, 0) is 24.8 Å². The molecule has 1 aromatic carbocycles. The Bertz CT molecular complexity index is 384. The molecule has 2 rings (SSSR count). The molecule has 2 N–H and O–H groups in total. The van der Waals surface area contributed by atoms with Crippen LogP contribution in [-0.4, -0.2) is 35.7 Å². The fourth-order valence-corrected chi connectivity index (χ4v) is 2.80. The number of aliphatic hydroxyl groups excluding tert-OH is 1. The molecule has 0 atom stereocenters. The smallest absolute Gasteiger partial charge is 0.0701 e. The van der Waals surface area contributed by atoms with Crippen molar-refractivity contribution in [2.45, 2.75) is 39.3 Å². The van der Waals surface area contributed by atoms with Crippen LogP contribution in [-0.2, 0) is 6.61 Å². The molecular formula is C16H26N2O. The summed E-state index contributed by atoms with van der Waals surface area (Å²) in [6, 6.07) is 8.58. The predicted octanol–water partition coefficient (Wildman–Crippen LogP) is 2.71. The van der Waals surface area contributed by atoms with E-state index in [9.17, 15) is 5.11 Å². The van der Waals surface area contributed by atoms with Crippen molar-refractivity contribution in [2.24, 2.45) is 5.92 Å². The van der Waals surface area contributed by atoms with Crippen molar-refractivity contribution in [2.75, 3.05) is 25.0 Å². The van der Waals surface area contributed by atoms with Crippen molar-refractivity contribution < 1.29 is 5.11 Å². The lowest BCUT2D eigenvalue weighted by molar-refractivity contribution is 0.198. The van der Waals surface area contributed by atoms with Gasteiger partial charge in [-0.15, -0.1) is 0 Å².